The van der Waals surface area contributed by atoms with Gasteiger partial charge in [0, 0.05) is 13.0 Å². The SMILES string of the molecule is O=C(CCCCCNC(=O)c1sccc1OCc1ccccc1)NO. The van der Waals surface area contributed by atoms with Crippen molar-refractivity contribution in [1.82, 2.24) is 10.8 Å². The van der Waals surface area contributed by atoms with Crippen LogP contribution >= 0.6 is 11.3 Å². The Bertz CT molecular complexity index is 673. The van der Waals surface area contributed by atoms with Gasteiger partial charge in [0.15, 0.2) is 0 Å². The van der Waals surface area contributed by atoms with Crippen molar-refractivity contribution >= 4 is 23.2 Å². The quantitative estimate of drug-likeness (QED) is 0.344. The lowest BCUT2D eigenvalue weighted by Crippen LogP contribution is -2.24. The highest BCUT2D eigenvalue weighted by atomic mass is 32.1. The Hall–Kier alpha value is -2.38. The van der Waals surface area contributed by atoms with Crippen molar-refractivity contribution in [2.45, 2.75) is 32.3 Å². The summed E-state index contributed by atoms with van der Waals surface area (Å²) in [5.41, 5.74) is 2.65. The zero-order valence-electron chi connectivity index (χ0n) is 13.9. The number of nitrogens with one attached hydrogen (secondary N) is 2. The van der Waals surface area contributed by atoms with Crippen LogP contribution in [0.4, 0.5) is 0 Å². The topological polar surface area (TPSA) is 87.7 Å². The van der Waals surface area contributed by atoms with E-state index in [1.54, 1.807) is 11.5 Å². The third kappa shape index (κ3) is 6.56. The van der Waals surface area contributed by atoms with E-state index in [0.29, 0.717) is 30.2 Å². The highest BCUT2D eigenvalue weighted by Crippen LogP contribution is 2.25. The number of ether oxygens (including phenoxy) is 1. The van der Waals surface area contributed by atoms with Crippen molar-refractivity contribution < 1.29 is 19.5 Å². The lowest BCUT2D eigenvalue weighted by Gasteiger charge is -2.08. The Morgan fingerprint density at radius 3 is 2.64 bits per heavy atom. The standard InChI is InChI=1S/C18H22N2O4S/c21-16(20-23)9-5-2-6-11-19-18(22)17-15(10-12-25-17)24-13-14-7-3-1-4-8-14/h1,3-4,7-8,10,12,23H,2,5-6,9,11,13H2,(H,19,22)(H,20,21). The van der Waals surface area contributed by atoms with Gasteiger partial charge in [0.25, 0.3) is 5.91 Å². The van der Waals surface area contributed by atoms with Crippen LogP contribution in [-0.4, -0.2) is 23.6 Å². The maximum Gasteiger partial charge on any atom is 0.265 e. The Morgan fingerprint density at radius 1 is 1.08 bits per heavy atom. The van der Waals surface area contributed by atoms with Gasteiger partial charge in [-0.1, -0.05) is 36.8 Å². The van der Waals surface area contributed by atoms with Gasteiger partial charge in [-0.2, -0.15) is 0 Å². The van der Waals surface area contributed by atoms with Gasteiger partial charge in [-0.15, -0.1) is 11.3 Å². The van der Waals surface area contributed by atoms with Gasteiger partial charge >= 0.3 is 0 Å². The molecule has 1 heterocycles. The Kier molecular flexibility index (Phi) is 7.94. The van der Waals surface area contributed by atoms with Crippen LogP contribution in [0.3, 0.4) is 0 Å². The number of hydroxylamine groups is 1. The summed E-state index contributed by atoms with van der Waals surface area (Å²) in [5.74, 6) is 0.0555. The molecule has 0 fully saturated rings. The van der Waals surface area contributed by atoms with E-state index in [1.165, 1.54) is 11.3 Å². The van der Waals surface area contributed by atoms with E-state index < -0.39 is 0 Å². The second kappa shape index (κ2) is 10.5. The molecule has 2 amide bonds. The van der Waals surface area contributed by atoms with Crippen LogP contribution in [0.1, 0.15) is 40.9 Å². The molecular weight excluding hydrogens is 340 g/mol. The van der Waals surface area contributed by atoms with Gasteiger partial charge in [-0.3, -0.25) is 14.8 Å². The number of carbonyl (C=O) groups is 2. The van der Waals surface area contributed by atoms with Gasteiger partial charge in [-0.05, 0) is 29.9 Å². The van der Waals surface area contributed by atoms with Gasteiger partial charge in [0.2, 0.25) is 5.91 Å². The van der Waals surface area contributed by atoms with Crippen LogP contribution < -0.4 is 15.5 Å². The number of unbranched alkanes of at least 4 members (excludes halogenated alkanes) is 2. The fraction of sp³-hybridized carbons (Fsp3) is 0.333. The number of hydrogen-bond donors (Lipinski definition) is 3. The van der Waals surface area contributed by atoms with Crippen molar-refractivity contribution in [3.63, 3.8) is 0 Å². The molecule has 1 aromatic carbocycles. The third-order valence-corrected chi connectivity index (χ3v) is 4.46. The van der Waals surface area contributed by atoms with Crippen LogP contribution in [0.2, 0.25) is 0 Å². The van der Waals surface area contributed by atoms with Crippen LogP contribution in [0.25, 0.3) is 0 Å². The molecule has 2 rings (SSSR count). The van der Waals surface area contributed by atoms with Gasteiger partial charge < -0.3 is 10.1 Å². The van der Waals surface area contributed by atoms with E-state index in [2.05, 4.69) is 5.32 Å². The average molecular weight is 362 g/mol. The summed E-state index contributed by atoms with van der Waals surface area (Å²) in [4.78, 5) is 23.7. The lowest BCUT2D eigenvalue weighted by molar-refractivity contribution is -0.129. The van der Waals surface area contributed by atoms with E-state index in [9.17, 15) is 9.59 Å². The number of carbonyl (C=O) groups excluding carboxylic acids is 2. The predicted octanol–water partition coefficient (Wildman–Crippen LogP) is 3.12. The zero-order valence-corrected chi connectivity index (χ0v) is 14.7. The predicted molar refractivity (Wildman–Crippen MR) is 95.8 cm³/mol. The van der Waals surface area contributed by atoms with Crippen molar-refractivity contribution in [2.24, 2.45) is 0 Å². The third-order valence-electron chi connectivity index (χ3n) is 3.56. The second-order valence-electron chi connectivity index (χ2n) is 5.49. The van der Waals surface area contributed by atoms with Crippen molar-refractivity contribution in [2.75, 3.05) is 6.54 Å². The first-order chi connectivity index (χ1) is 12.2. The van der Waals surface area contributed by atoms with Crippen molar-refractivity contribution in [1.29, 1.82) is 0 Å². The molecule has 0 aliphatic carbocycles. The number of amides is 2. The summed E-state index contributed by atoms with van der Waals surface area (Å²) in [6.07, 6.45) is 2.53. The molecular formula is C18H22N2O4S. The molecule has 25 heavy (non-hydrogen) atoms. The molecule has 0 unspecified atom stereocenters. The number of rotatable bonds is 10. The molecule has 0 radical (unpaired) electrons. The largest absolute Gasteiger partial charge is 0.487 e. The Balaban J connectivity index is 1.71. The molecule has 2 aromatic rings. The number of hydrogen-bond acceptors (Lipinski definition) is 5. The summed E-state index contributed by atoms with van der Waals surface area (Å²) in [6.45, 7) is 0.959. The summed E-state index contributed by atoms with van der Waals surface area (Å²) < 4.78 is 5.75. The molecule has 7 heteroatoms. The van der Waals surface area contributed by atoms with E-state index in [0.717, 1.165) is 18.4 Å². The highest BCUT2D eigenvalue weighted by Gasteiger charge is 2.14. The smallest absolute Gasteiger partial charge is 0.265 e. The maximum absolute atomic E-state index is 12.2. The minimum Gasteiger partial charge on any atom is -0.487 e. The van der Waals surface area contributed by atoms with Gasteiger partial charge in [-0.25, -0.2) is 5.48 Å². The second-order valence-corrected chi connectivity index (χ2v) is 6.41. The first-order valence-corrected chi connectivity index (χ1v) is 9.04. The van der Waals surface area contributed by atoms with E-state index in [-0.39, 0.29) is 18.2 Å². The van der Waals surface area contributed by atoms with Crippen molar-refractivity contribution in [3.05, 3.63) is 52.2 Å². The zero-order chi connectivity index (χ0) is 17.9. The van der Waals surface area contributed by atoms with Crippen molar-refractivity contribution in [3.8, 4) is 5.75 Å². The first-order valence-electron chi connectivity index (χ1n) is 8.16. The summed E-state index contributed by atoms with van der Waals surface area (Å²) in [5, 5.41) is 13.1. The number of benzene rings is 1. The molecule has 0 saturated heterocycles. The van der Waals surface area contributed by atoms with Gasteiger partial charge in [0.1, 0.15) is 17.2 Å². The monoisotopic (exact) mass is 362 g/mol. The Labute approximate surface area is 150 Å². The van der Waals surface area contributed by atoms with Crippen LogP contribution in [-0.2, 0) is 11.4 Å². The van der Waals surface area contributed by atoms with Crippen LogP contribution in [0.5, 0.6) is 5.75 Å². The Morgan fingerprint density at radius 2 is 1.88 bits per heavy atom. The molecule has 1 aromatic heterocycles. The van der Waals surface area contributed by atoms with Gasteiger partial charge in [0.05, 0.1) is 0 Å². The summed E-state index contributed by atoms with van der Waals surface area (Å²) >= 11 is 1.35. The molecule has 6 nitrogen and oxygen atoms in total. The minimum atomic E-state index is -0.386. The minimum absolute atomic E-state index is 0.147. The molecule has 0 atom stereocenters. The molecule has 0 bridgehead atoms. The fourth-order valence-corrected chi connectivity index (χ4v) is 2.99. The molecule has 134 valence electrons. The summed E-state index contributed by atoms with van der Waals surface area (Å²) in [7, 11) is 0. The lowest BCUT2D eigenvalue weighted by atomic mass is 10.2. The summed E-state index contributed by atoms with van der Waals surface area (Å²) in [6, 6.07) is 11.6. The average Bonchev–Trinajstić information content (AvgIpc) is 3.12. The molecule has 3 N–H and O–H groups in total. The van der Waals surface area contributed by atoms with E-state index >= 15 is 0 Å². The van der Waals surface area contributed by atoms with E-state index in [4.69, 9.17) is 9.94 Å². The molecule has 0 aliphatic heterocycles. The molecule has 0 spiro atoms. The van der Waals surface area contributed by atoms with Crippen LogP contribution in [0.15, 0.2) is 41.8 Å². The molecule has 0 aliphatic rings. The maximum atomic E-state index is 12.2. The van der Waals surface area contributed by atoms with Crippen LogP contribution in [0, 0.1) is 0 Å². The normalized spacial score (nSPS) is 10.3. The number of thiophene rings is 1. The highest BCUT2D eigenvalue weighted by molar-refractivity contribution is 7.12. The molecule has 0 saturated carbocycles. The van der Waals surface area contributed by atoms with E-state index in [1.807, 2.05) is 35.7 Å². The fourth-order valence-electron chi connectivity index (χ4n) is 2.24. The first kappa shape index (κ1) is 19.0.